The normalized spacial score (nSPS) is 29.7. The quantitative estimate of drug-likeness (QED) is 0.846. The molecule has 3 saturated heterocycles. The van der Waals surface area contributed by atoms with E-state index in [2.05, 4.69) is 23.6 Å². The van der Waals surface area contributed by atoms with Crippen LogP contribution >= 0.6 is 0 Å². The number of hydrogen-bond acceptors (Lipinski definition) is 5. The summed E-state index contributed by atoms with van der Waals surface area (Å²) in [5.74, 6) is 1.00. The summed E-state index contributed by atoms with van der Waals surface area (Å²) in [6.45, 7) is 10.6. The molecule has 1 unspecified atom stereocenters. The Hall–Kier alpha value is -1.04. The van der Waals surface area contributed by atoms with Crippen LogP contribution in [-0.2, 0) is 6.42 Å². The Balaban J connectivity index is 1.89. The van der Waals surface area contributed by atoms with Crippen LogP contribution < -0.4 is 5.73 Å². The van der Waals surface area contributed by atoms with Crippen molar-refractivity contribution in [2.45, 2.75) is 26.3 Å². The molecule has 4 heterocycles. The van der Waals surface area contributed by atoms with Crippen molar-refractivity contribution in [3.8, 4) is 0 Å². The van der Waals surface area contributed by atoms with Crippen LogP contribution in [0.3, 0.4) is 0 Å². The molecule has 0 aliphatic carbocycles. The van der Waals surface area contributed by atoms with Gasteiger partial charge >= 0.3 is 0 Å². The summed E-state index contributed by atoms with van der Waals surface area (Å²) >= 11 is 0. The molecule has 3 aliphatic heterocycles. The summed E-state index contributed by atoms with van der Waals surface area (Å²) in [4.78, 5) is 14.6. The van der Waals surface area contributed by atoms with Crippen LogP contribution in [0.15, 0.2) is 0 Å². The zero-order valence-corrected chi connectivity index (χ0v) is 11.9. The van der Waals surface area contributed by atoms with Gasteiger partial charge in [0, 0.05) is 44.1 Å². The first kappa shape index (κ1) is 13.0. The van der Waals surface area contributed by atoms with E-state index >= 15 is 0 Å². The lowest BCUT2D eigenvalue weighted by molar-refractivity contribution is 0.00850. The number of nitrogens with zero attached hydrogens (tertiary/aromatic N) is 4. The molecule has 2 N–H and O–H groups in total. The lowest BCUT2D eigenvalue weighted by Gasteiger charge is -2.46. The van der Waals surface area contributed by atoms with Crippen LogP contribution in [0.4, 0.5) is 0 Å². The molecular formula is C14H23N5. The van der Waals surface area contributed by atoms with Gasteiger partial charge in [0.05, 0.1) is 6.04 Å². The van der Waals surface area contributed by atoms with E-state index in [-0.39, 0.29) is 0 Å². The lowest BCUT2D eigenvalue weighted by Crippen LogP contribution is -2.57. The fourth-order valence-electron chi connectivity index (χ4n) is 3.28. The van der Waals surface area contributed by atoms with Crippen LogP contribution in [0.2, 0.25) is 0 Å². The Morgan fingerprint density at radius 2 is 1.74 bits per heavy atom. The van der Waals surface area contributed by atoms with Gasteiger partial charge in [0.15, 0.2) is 0 Å². The Morgan fingerprint density at radius 3 is 2.21 bits per heavy atom. The second-order valence-electron chi connectivity index (χ2n) is 5.62. The third-order valence-electron chi connectivity index (χ3n) is 4.41. The highest BCUT2D eigenvalue weighted by Crippen LogP contribution is 2.27. The minimum Gasteiger partial charge on any atom is -0.330 e. The highest BCUT2D eigenvalue weighted by molar-refractivity contribution is 5.25. The summed E-state index contributed by atoms with van der Waals surface area (Å²) in [6.07, 6.45) is 0.873. The highest BCUT2D eigenvalue weighted by Gasteiger charge is 2.34. The van der Waals surface area contributed by atoms with Crippen molar-refractivity contribution < 1.29 is 0 Å². The van der Waals surface area contributed by atoms with Crippen LogP contribution in [0.25, 0.3) is 0 Å². The fraction of sp³-hybridized carbons (Fsp3) is 0.714. The van der Waals surface area contributed by atoms with Crippen LogP contribution in [0, 0.1) is 13.8 Å². The molecule has 1 aromatic rings. The van der Waals surface area contributed by atoms with Crippen molar-refractivity contribution in [1.82, 2.24) is 19.8 Å². The molecule has 1 atom stereocenters. The van der Waals surface area contributed by atoms with Crippen LogP contribution in [0.5, 0.6) is 0 Å². The van der Waals surface area contributed by atoms with Gasteiger partial charge in [-0.3, -0.25) is 9.80 Å². The molecule has 5 heteroatoms. The first-order valence-electron chi connectivity index (χ1n) is 7.19. The van der Waals surface area contributed by atoms with Crippen molar-refractivity contribution in [2.75, 3.05) is 39.3 Å². The largest absolute Gasteiger partial charge is 0.330 e. The third-order valence-corrected chi connectivity index (χ3v) is 4.41. The molecule has 0 saturated carbocycles. The number of aryl methyl sites for hydroxylation is 2. The summed E-state index contributed by atoms with van der Waals surface area (Å²) in [7, 11) is 0. The number of rotatable bonds is 3. The smallest absolute Gasteiger partial charge is 0.147 e. The molecular weight excluding hydrogens is 238 g/mol. The molecule has 104 valence electrons. The van der Waals surface area contributed by atoms with Gasteiger partial charge in [0.25, 0.3) is 0 Å². The molecule has 2 bridgehead atoms. The maximum absolute atomic E-state index is 5.66. The molecule has 4 rings (SSSR count). The van der Waals surface area contributed by atoms with E-state index in [9.17, 15) is 0 Å². The van der Waals surface area contributed by atoms with Gasteiger partial charge in [-0.1, -0.05) is 0 Å². The monoisotopic (exact) mass is 261 g/mol. The summed E-state index contributed by atoms with van der Waals surface area (Å²) in [6, 6.07) is 0.381. The average molecular weight is 261 g/mol. The standard InChI is InChI=1S/C14H23N5/c1-10-12(3-4-15)11(2)17-14(16-10)13-9-18-5-7-19(13)8-6-18/h13H,3-9,15H2,1-2H3. The molecule has 3 fully saturated rings. The highest BCUT2D eigenvalue weighted by atomic mass is 15.4. The molecule has 1 aromatic heterocycles. The zero-order valence-electron chi connectivity index (χ0n) is 11.9. The van der Waals surface area contributed by atoms with E-state index in [1.165, 1.54) is 18.7 Å². The summed E-state index contributed by atoms with van der Waals surface area (Å²) in [5.41, 5.74) is 9.09. The molecule has 3 aliphatic rings. The molecule has 0 spiro atoms. The van der Waals surface area contributed by atoms with Gasteiger partial charge in [-0.2, -0.15) is 0 Å². The second kappa shape index (κ2) is 5.15. The molecule has 19 heavy (non-hydrogen) atoms. The van der Waals surface area contributed by atoms with E-state index in [1.54, 1.807) is 0 Å². The van der Waals surface area contributed by atoms with Gasteiger partial charge in [-0.05, 0) is 32.4 Å². The number of hydrogen-bond donors (Lipinski definition) is 1. The summed E-state index contributed by atoms with van der Waals surface area (Å²) < 4.78 is 0. The first-order valence-corrected chi connectivity index (χ1v) is 7.19. The SMILES string of the molecule is Cc1nc(C2CN3CCN2CC3)nc(C)c1CCN. The summed E-state index contributed by atoms with van der Waals surface area (Å²) in [5, 5.41) is 0. The first-order chi connectivity index (χ1) is 9.19. The van der Waals surface area contributed by atoms with Gasteiger partial charge in [-0.25, -0.2) is 9.97 Å². The maximum atomic E-state index is 5.66. The lowest BCUT2D eigenvalue weighted by atomic mass is 10.0. The van der Waals surface area contributed by atoms with E-state index < -0.39 is 0 Å². The van der Waals surface area contributed by atoms with E-state index in [1.807, 2.05) is 0 Å². The maximum Gasteiger partial charge on any atom is 0.147 e. The molecule has 0 amide bonds. The Labute approximate surface area is 114 Å². The van der Waals surface area contributed by atoms with Gasteiger partial charge in [0.1, 0.15) is 5.82 Å². The van der Waals surface area contributed by atoms with Crippen LogP contribution in [0.1, 0.15) is 28.8 Å². The van der Waals surface area contributed by atoms with Gasteiger partial charge in [0.2, 0.25) is 0 Å². The molecule has 0 aromatic carbocycles. The Kier molecular flexibility index (Phi) is 3.52. The van der Waals surface area contributed by atoms with E-state index in [0.29, 0.717) is 12.6 Å². The van der Waals surface area contributed by atoms with Gasteiger partial charge < -0.3 is 5.73 Å². The van der Waals surface area contributed by atoms with Crippen molar-refractivity contribution in [2.24, 2.45) is 5.73 Å². The number of aromatic nitrogens is 2. The van der Waals surface area contributed by atoms with Crippen molar-refractivity contribution in [3.05, 3.63) is 22.8 Å². The topological polar surface area (TPSA) is 58.3 Å². The second-order valence-corrected chi connectivity index (χ2v) is 5.62. The number of nitrogens with two attached hydrogens (primary N) is 1. The fourth-order valence-corrected chi connectivity index (χ4v) is 3.28. The zero-order chi connectivity index (χ0) is 13.4. The van der Waals surface area contributed by atoms with E-state index in [4.69, 9.17) is 15.7 Å². The average Bonchev–Trinajstić information content (AvgIpc) is 2.44. The third kappa shape index (κ3) is 2.38. The predicted molar refractivity (Wildman–Crippen MR) is 75.0 cm³/mol. The van der Waals surface area contributed by atoms with Crippen molar-refractivity contribution in [3.63, 3.8) is 0 Å². The molecule has 0 radical (unpaired) electrons. The predicted octanol–water partition coefficient (Wildman–Crippen LogP) is 0.267. The van der Waals surface area contributed by atoms with Gasteiger partial charge in [-0.15, -0.1) is 0 Å². The minimum absolute atomic E-state index is 0.381. The number of fused-ring (bicyclic) bond motifs is 3. The van der Waals surface area contributed by atoms with Crippen molar-refractivity contribution >= 4 is 0 Å². The Bertz CT molecular complexity index is 442. The number of piperazine rings is 3. The van der Waals surface area contributed by atoms with E-state index in [0.717, 1.165) is 43.3 Å². The Morgan fingerprint density at radius 1 is 1.11 bits per heavy atom. The molecule has 5 nitrogen and oxygen atoms in total. The van der Waals surface area contributed by atoms with Crippen molar-refractivity contribution in [1.29, 1.82) is 0 Å². The van der Waals surface area contributed by atoms with Crippen LogP contribution in [-0.4, -0.2) is 59.0 Å². The minimum atomic E-state index is 0.381.